The Kier molecular flexibility index (Phi) is 6.54. The van der Waals surface area contributed by atoms with E-state index in [-0.39, 0.29) is 12.0 Å². The molecule has 14 heavy (non-hydrogen) atoms. The molecule has 0 amide bonds. The summed E-state index contributed by atoms with van der Waals surface area (Å²) in [6, 6.07) is 0.129. The molecule has 2 unspecified atom stereocenters. The summed E-state index contributed by atoms with van der Waals surface area (Å²) >= 11 is 0. The van der Waals surface area contributed by atoms with Crippen LogP contribution in [0.2, 0.25) is 0 Å². The fourth-order valence-corrected chi connectivity index (χ4v) is 1.53. The zero-order valence-corrected chi connectivity index (χ0v) is 9.79. The minimum Gasteiger partial charge on any atom is -0.481 e. The van der Waals surface area contributed by atoms with Crippen molar-refractivity contribution < 1.29 is 9.90 Å². The molecule has 0 aromatic heterocycles. The van der Waals surface area contributed by atoms with Gasteiger partial charge in [0.15, 0.2) is 0 Å². The number of carbonyl (C=O) groups is 1. The number of hydrogen-bond donors (Lipinski definition) is 1. The molecule has 0 aliphatic carbocycles. The SMILES string of the molecule is CCCCN(CC)C(C)C(C)C(=O)O. The fourth-order valence-electron chi connectivity index (χ4n) is 1.53. The third-order valence-corrected chi connectivity index (χ3v) is 2.89. The van der Waals surface area contributed by atoms with Crippen LogP contribution in [0.3, 0.4) is 0 Å². The Morgan fingerprint density at radius 3 is 2.29 bits per heavy atom. The highest BCUT2D eigenvalue weighted by Crippen LogP contribution is 2.11. The highest BCUT2D eigenvalue weighted by atomic mass is 16.4. The molecule has 0 radical (unpaired) electrons. The zero-order chi connectivity index (χ0) is 11.1. The maximum absolute atomic E-state index is 10.8. The minimum absolute atomic E-state index is 0.129. The van der Waals surface area contributed by atoms with E-state index in [4.69, 9.17) is 5.11 Å². The summed E-state index contributed by atoms with van der Waals surface area (Å²) in [6.45, 7) is 9.95. The van der Waals surface area contributed by atoms with E-state index < -0.39 is 5.97 Å². The summed E-state index contributed by atoms with van der Waals surface area (Å²) in [7, 11) is 0. The van der Waals surface area contributed by atoms with Crippen molar-refractivity contribution in [2.24, 2.45) is 5.92 Å². The number of hydrogen-bond acceptors (Lipinski definition) is 2. The van der Waals surface area contributed by atoms with Crippen LogP contribution in [-0.4, -0.2) is 35.1 Å². The van der Waals surface area contributed by atoms with Gasteiger partial charge in [0.25, 0.3) is 0 Å². The van der Waals surface area contributed by atoms with Gasteiger partial charge in [-0.1, -0.05) is 27.2 Å². The average molecular weight is 201 g/mol. The van der Waals surface area contributed by atoms with E-state index in [2.05, 4.69) is 18.7 Å². The molecule has 0 saturated heterocycles. The Morgan fingerprint density at radius 2 is 1.93 bits per heavy atom. The van der Waals surface area contributed by atoms with Gasteiger partial charge in [0.2, 0.25) is 0 Å². The lowest BCUT2D eigenvalue weighted by Gasteiger charge is -2.30. The Balaban J connectivity index is 4.14. The predicted molar refractivity (Wildman–Crippen MR) is 58.4 cm³/mol. The van der Waals surface area contributed by atoms with Crippen LogP contribution in [0.4, 0.5) is 0 Å². The first-order valence-corrected chi connectivity index (χ1v) is 5.51. The second-order valence-electron chi connectivity index (χ2n) is 3.85. The van der Waals surface area contributed by atoms with Crippen LogP contribution in [0.5, 0.6) is 0 Å². The van der Waals surface area contributed by atoms with Crippen molar-refractivity contribution in [3.8, 4) is 0 Å². The van der Waals surface area contributed by atoms with Crippen molar-refractivity contribution in [3.63, 3.8) is 0 Å². The highest BCUT2D eigenvalue weighted by molar-refractivity contribution is 5.70. The molecule has 0 aromatic rings. The molecule has 0 aromatic carbocycles. The molecule has 2 atom stereocenters. The zero-order valence-electron chi connectivity index (χ0n) is 9.79. The van der Waals surface area contributed by atoms with E-state index in [1.54, 1.807) is 6.92 Å². The lowest BCUT2D eigenvalue weighted by molar-refractivity contribution is -0.143. The van der Waals surface area contributed by atoms with E-state index in [9.17, 15) is 4.79 Å². The monoisotopic (exact) mass is 201 g/mol. The number of nitrogens with zero attached hydrogens (tertiary/aromatic N) is 1. The molecular formula is C11H23NO2. The second kappa shape index (κ2) is 6.82. The number of rotatable bonds is 7. The molecule has 0 aliphatic rings. The van der Waals surface area contributed by atoms with Gasteiger partial charge in [-0.25, -0.2) is 0 Å². The summed E-state index contributed by atoms with van der Waals surface area (Å²) in [5, 5.41) is 8.90. The quantitative estimate of drug-likeness (QED) is 0.686. The molecule has 3 heteroatoms. The standard InChI is InChI=1S/C11H23NO2/c1-5-7-8-12(6-2)10(4)9(3)11(13)14/h9-10H,5-8H2,1-4H3,(H,13,14). The largest absolute Gasteiger partial charge is 0.481 e. The van der Waals surface area contributed by atoms with E-state index in [1.807, 2.05) is 6.92 Å². The smallest absolute Gasteiger partial charge is 0.307 e. The van der Waals surface area contributed by atoms with Crippen LogP contribution in [0.15, 0.2) is 0 Å². The van der Waals surface area contributed by atoms with Gasteiger partial charge >= 0.3 is 5.97 Å². The van der Waals surface area contributed by atoms with Crippen LogP contribution in [0.1, 0.15) is 40.5 Å². The third-order valence-electron chi connectivity index (χ3n) is 2.89. The number of carboxylic acid groups (broad SMARTS) is 1. The van der Waals surface area contributed by atoms with E-state index in [0.29, 0.717) is 0 Å². The van der Waals surface area contributed by atoms with Crippen molar-refractivity contribution in [1.29, 1.82) is 0 Å². The minimum atomic E-state index is -0.701. The van der Waals surface area contributed by atoms with Gasteiger partial charge in [-0.3, -0.25) is 4.79 Å². The van der Waals surface area contributed by atoms with Gasteiger partial charge in [0.1, 0.15) is 0 Å². The molecule has 84 valence electrons. The Bertz CT molecular complexity index is 171. The van der Waals surface area contributed by atoms with Crippen LogP contribution < -0.4 is 0 Å². The fraction of sp³-hybridized carbons (Fsp3) is 0.909. The van der Waals surface area contributed by atoms with E-state index in [1.165, 1.54) is 0 Å². The molecule has 0 fully saturated rings. The Labute approximate surface area is 87.1 Å². The molecular weight excluding hydrogens is 178 g/mol. The maximum Gasteiger partial charge on any atom is 0.307 e. The molecule has 0 rings (SSSR count). The summed E-state index contributed by atoms with van der Waals surface area (Å²) in [4.78, 5) is 13.0. The topological polar surface area (TPSA) is 40.5 Å². The van der Waals surface area contributed by atoms with Gasteiger partial charge in [-0.05, 0) is 26.4 Å². The number of aliphatic carboxylic acids is 1. The summed E-state index contributed by atoms with van der Waals surface area (Å²) in [5.74, 6) is -0.987. The highest BCUT2D eigenvalue weighted by Gasteiger charge is 2.23. The lowest BCUT2D eigenvalue weighted by Crippen LogP contribution is -2.40. The first-order valence-electron chi connectivity index (χ1n) is 5.51. The lowest BCUT2D eigenvalue weighted by atomic mass is 10.0. The molecule has 0 aliphatic heterocycles. The average Bonchev–Trinajstić information content (AvgIpc) is 2.17. The van der Waals surface area contributed by atoms with Crippen LogP contribution in [0, 0.1) is 5.92 Å². The summed E-state index contributed by atoms with van der Waals surface area (Å²) in [6.07, 6.45) is 2.30. The molecule has 1 N–H and O–H groups in total. The van der Waals surface area contributed by atoms with Crippen molar-refractivity contribution >= 4 is 5.97 Å². The summed E-state index contributed by atoms with van der Waals surface area (Å²) < 4.78 is 0. The molecule has 0 spiro atoms. The predicted octanol–water partition coefficient (Wildman–Crippen LogP) is 2.22. The van der Waals surface area contributed by atoms with Crippen molar-refractivity contribution in [2.45, 2.75) is 46.6 Å². The van der Waals surface area contributed by atoms with Crippen molar-refractivity contribution in [3.05, 3.63) is 0 Å². The first kappa shape index (κ1) is 13.4. The van der Waals surface area contributed by atoms with E-state index in [0.717, 1.165) is 25.9 Å². The van der Waals surface area contributed by atoms with Gasteiger partial charge in [0, 0.05) is 6.04 Å². The van der Waals surface area contributed by atoms with Gasteiger partial charge in [-0.15, -0.1) is 0 Å². The normalized spacial score (nSPS) is 15.5. The Morgan fingerprint density at radius 1 is 1.36 bits per heavy atom. The second-order valence-corrected chi connectivity index (χ2v) is 3.85. The third kappa shape index (κ3) is 4.09. The maximum atomic E-state index is 10.8. The van der Waals surface area contributed by atoms with Crippen LogP contribution in [-0.2, 0) is 4.79 Å². The van der Waals surface area contributed by atoms with Gasteiger partial charge in [-0.2, -0.15) is 0 Å². The van der Waals surface area contributed by atoms with Crippen molar-refractivity contribution in [2.75, 3.05) is 13.1 Å². The van der Waals surface area contributed by atoms with E-state index >= 15 is 0 Å². The van der Waals surface area contributed by atoms with Crippen molar-refractivity contribution in [1.82, 2.24) is 4.90 Å². The molecule has 0 heterocycles. The molecule has 0 bridgehead atoms. The molecule has 3 nitrogen and oxygen atoms in total. The summed E-state index contributed by atoms with van der Waals surface area (Å²) in [5.41, 5.74) is 0. The number of unbranched alkanes of at least 4 members (excludes halogenated alkanes) is 1. The van der Waals surface area contributed by atoms with Gasteiger partial charge < -0.3 is 10.0 Å². The Hall–Kier alpha value is -0.570. The van der Waals surface area contributed by atoms with Gasteiger partial charge in [0.05, 0.1) is 5.92 Å². The van der Waals surface area contributed by atoms with Crippen LogP contribution in [0.25, 0.3) is 0 Å². The molecule has 0 saturated carbocycles. The first-order chi connectivity index (χ1) is 6.54. The number of carboxylic acids is 1. The van der Waals surface area contributed by atoms with Crippen LogP contribution >= 0.6 is 0 Å².